The summed E-state index contributed by atoms with van der Waals surface area (Å²) < 4.78 is 7.87. The average Bonchev–Trinajstić information content (AvgIpc) is 3.08. The van der Waals surface area contributed by atoms with Gasteiger partial charge < -0.3 is 10.1 Å². The highest BCUT2D eigenvalue weighted by Crippen LogP contribution is 2.25. The summed E-state index contributed by atoms with van der Waals surface area (Å²) >= 11 is 0. The summed E-state index contributed by atoms with van der Waals surface area (Å²) in [4.78, 5) is 4.03. The first-order valence-electron chi connectivity index (χ1n) is 9.19. The summed E-state index contributed by atoms with van der Waals surface area (Å²) in [7, 11) is 0. The van der Waals surface area contributed by atoms with Crippen LogP contribution in [-0.2, 0) is 6.54 Å². The molecule has 0 bridgehead atoms. The van der Waals surface area contributed by atoms with Gasteiger partial charge in [-0.25, -0.2) is 4.68 Å². The van der Waals surface area contributed by atoms with E-state index in [9.17, 15) is 0 Å². The lowest BCUT2D eigenvalue weighted by molar-refractivity contribution is 0.304. The molecule has 142 valence electrons. The Morgan fingerprint density at radius 3 is 2.63 bits per heavy atom. The van der Waals surface area contributed by atoms with Crippen LogP contribution in [0.1, 0.15) is 26.3 Å². The zero-order chi connectivity index (χ0) is 19.2. The highest BCUT2D eigenvalue weighted by molar-refractivity contribution is 5.59. The van der Waals surface area contributed by atoms with E-state index in [0.29, 0.717) is 12.5 Å². The highest BCUT2D eigenvalue weighted by atomic mass is 16.5. The number of aryl methyl sites for hydroxylation is 1. The molecule has 0 saturated carbocycles. The van der Waals surface area contributed by atoms with E-state index in [1.165, 1.54) is 0 Å². The van der Waals surface area contributed by atoms with Crippen molar-refractivity contribution >= 4 is 5.69 Å². The number of hydrogen-bond acceptors (Lipinski definition) is 6. The third-order valence-corrected chi connectivity index (χ3v) is 3.97. The maximum Gasteiger partial charge on any atom is 0.182 e. The standard InChI is InChI=1S/C20H26N6O/c1-14(2)12-26-20(23-24-25-26)17-9-15(3)10-19(11-17)27-13-16(4)22-18-5-7-21-8-6-18/h5-11,14,16H,12-13H2,1-4H3,(H,21,22)/t16-/m0/s1. The van der Waals surface area contributed by atoms with Crippen LogP contribution in [0.15, 0.2) is 42.7 Å². The van der Waals surface area contributed by atoms with Crippen LogP contribution in [0.4, 0.5) is 5.69 Å². The van der Waals surface area contributed by atoms with Crippen LogP contribution in [0.5, 0.6) is 5.75 Å². The number of tetrazole rings is 1. The molecule has 7 heteroatoms. The van der Waals surface area contributed by atoms with E-state index in [0.717, 1.165) is 34.9 Å². The molecule has 0 spiro atoms. The minimum absolute atomic E-state index is 0.155. The minimum atomic E-state index is 0.155. The molecule has 3 rings (SSSR count). The number of anilines is 1. The van der Waals surface area contributed by atoms with E-state index in [-0.39, 0.29) is 6.04 Å². The third kappa shape index (κ3) is 5.26. The van der Waals surface area contributed by atoms with Crippen molar-refractivity contribution in [3.8, 4) is 17.1 Å². The second-order valence-electron chi connectivity index (χ2n) is 7.21. The molecule has 0 saturated heterocycles. The largest absolute Gasteiger partial charge is 0.491 e. The molecule has 0 radical (unpaired) electrons. The number of aromatic nitrogens is 5. The lowest BCUT2D eigenvalue weighted by Crippen LogP contribution is -2.23. The Labute approximate surface area is 159 Å². The number of nitrogens with zero attached hydrogens (tertiary/aromatic N) is 5. The fourth-order valence-corrected chi connectivity index (χ4v) is 2.84. The van der Waals surface area contributed by atoms with E-state index in [1.807, 2.05) is 35.9 Å². The van der Waals surface area contributed by atoms with E-state index in [2.05, 4.69) is 52.7 Å². The predicted octanol–water partition coefficient (Wildman–Crippen LogP) is 3.58. The normalized spacial score (nSPS) is 12.2. The van der Waals surface area contributed by atoms with Gasteiger partial charge in [-0.1, -0.05) is 13.8 Å². The molecule has 1 atom stereocenters. The molecule has 3 aromatic rings. The van der Waals surface area contributed by atoms with E-state index in [1.54, 1.807) is 12.4 Å². The van der Waals surface area contributed by atoms with Crippen molar-refractivity contribution in [3.05, 3.63) is 48.3 Å². The molecule has 7 nitrogen and oxygen atoms in total. The lowest BCUT2D eigenvalue weighted by Gasteiger charge is -2.17. The van der Waals surface area contributed by atoms with Gasteiger partial charge in [0.2, 0.25) is 0 Å². The Morgan fingerprint density at radius 2 is 1.89 bits per heavy atom. The number of rotatable bonds is 8. The van der Waals surface area contributed by atoms with Gasteiger partial charge in [0.05, 0.1) is 6.04 Å². The molecule has 1 aromatic carbocycles. The molecule has 2 heterocycles. The van der Waals surface area contributed by atoms with Crippen LogP contribution in [0.3, 0.4) is 0 Å². The molecule has 0 unspecified atom stereocenters. The van der Waals surface area contributed by atoms with Crippen molar-refractivity contribution in [1.29, 1.82) is 0 Å². The van der Waals surface area contributed by atoms with Gasteiger partial charge in [0, 0.05) is 30.2 Å². The summed E-state index contributed by atoms with van der Waals surface area (Å²) in [5.41, 5.74) is 3.10. The molecule has 2 aromatic heterocycles. The fourth-order valence-electron chi connectivity index (χ4n) is 2.84. The van der Waals surface area contributed by atoms with Crippen LogP contribution in [0.2, 0.25) is 0 Å². The van der Waals surface area contributed by atoms with Crippen molar-refractivity contribution < 1.29 is 4.74 Å². The van der Waals surface area contributed by atoms with Gasteiger partial charge in [-0.2, -0.15) is 0 Å². The number of benzene rings is 1. The molecule has 27 heavy (non-hydrogen) atoms. The Morgan fingerprint density at radius 1 is 1.11 bits per heavy atom. The SMILES string of the molecule is Cc1cc(OC[C@H](C)Nc2ccncc2)cc(-c2nnnn2CC(C)C)c1. The summed E-state index contributed by atoms with van der Waals surface area (Å²) in [6.07, 6.45) is 3.54. The van der Waals surface area contributed by atoms with Crippen LogP contribution in [-0.4, -0.2) is 37.8 Å². The van der Waals surface area contributed by atoms with E-state index in [4.69, 9.17) is 4.74 Å². The van der Waals surface area contributed by atoms with Gasteiger partial charge in [-0.15, -0.1) is 5.10 Å². The van der Waals surface area contributed by atoms with Crippen LogP contribution in [0, 0.1) is 12.8 Å². The van der Waals surface area contributed by atoms with E-state index >= 15 is 0 Å². The van der Waals surface area contributed by atoms with Crippen molar-refractivity contribution in [1.82, 2.24) is 25.2 Å². The van der Waals surface area contributed by atoms with Crippen LogP contribution in [0.25, 0.3) is 11.4 Å². The van der Waals surface area contributed by atoms with Gasteiger partial charge in [0.25, 0.3) is 0 Å². The number of ether oxygens (including phenoxy) is 1. The topological polar surface area (TPSA) is 77.8 Å². The second-order valence-corrected chi connectivity index (χ2v) is 7.21. The molecule has 0 aliphatic heterocycles. The van der Waals surface area contributed by atoms with Gasteiger partial charge in [-0.3, -0.25) is 4.98 Å². The lowest BCUT2D eigenvalue weighted by atomic mass is 10.1. The molecular formula is C20H26N6O. The monoisotopic (exact) mass is 366 g/mol. The minimum Gasteiger partial charge on any atom is -0.491 e. The average molecular weight is 366 g/mol. The first kappa shape index (κ1) is 18.8. The Kier molecular flexibility index (Phi) is 6.01. The maximum absolute atomic E-state index is 6.02. The van der Waals surface area contributed by atoms with Gasteiger partial charge in [-0.05, 0) is 66.1 Å². The Bertz CT molecular complexity index is 862. The quantitative estimate of drug-likeness (QED) is 0.656. The zero-order valence-corrected chi connectivity index (χ0v) is 16.3. The van der Waals surface area contributed by atoms with Crippen molar-refractivity contribution in [3.63, 3.8) is 0 Å². The Balaban J connectivity index is 1.69. The second kappa shape index (κ2) is 8.62. The zero-order valence-electron chi connectivity index (χ0n) is 16.3. The molecule has 0 aliphatic carbocycles. The molecular weight excluding hydrogens is 340 g/mol. The van der Waals surface area contributed by atoms with Gasteiger partial charge in [0.15, 0.2) is 5.82 Å². The number of nitrogens with one attached hydrogen (secondary N) is 1. The summed E-state index contributed by atoms with van der Waals surface area (Å²) in [5, 5.41) is 15.6. The van der Waals surface area contributed by atoms with Crippen LogP contribution < -0.4 is 10.1 Å². The maximum atomic E-state index is 6.02. The summed E-state index contributed by atoms with van der Waals surface area (Å²) in [6, 6.07) is 10.1. The molecule has 0 aliphatic rings. The molecule has 0 fully saturated rings. The highest BCUT2D eigenvalue weighted by Gasteiger charge is 2.12. The summed E-state index contributed by atoms with van der Waals surface area (Å²) in [6.45, 7) is 9.74. The molecule has 0 amide bonds. The van der Waals surface area contributed by atoms with Gasteiger partial charge >= 0.3 is 0 Å². The Hall–Kier alpha value is -2.96. The van der Waals surface area contributed by atoms with Crippen molar-refractivity contribution in [2.45, 2.75) is 40.3 Å². The van der Waals surface area contributed by atoms with E-state index < -0.39 is 0 Å². The van der Waals surface area contributed by atoms with Crippen LogP contribution >= 0.6 is 0 Å². The predicted molar refractivity (Wildman–Crippen MR) is 106 cm³/mol. The van der Waals surface area contributed by atoms with Gasteiger partial charge in [0.1, 0.15) is 12.4 Å². The first-order chi connectivity index (χ1) is 13.0. The summed E-state index contributed by atoms with van der Waals surface area (Å²) in [5.74, 6) is 2.04. The smallest absolute Gasteiger partial charge is 0.182 e. The number of hydrogen-bond donors (Lipinski definition) is 1. The van der Waals surface area contributed by atoms with Crippen molar-refractivity contribution in [2.24, 2.45) is 5.92 Å². The first-order valence-corrected chi connectivity index (χ1v) is 9.19. The fraction of sp³-hybridized carbons (Fsp3) is 0.400. The molecule has 1 N–H and O–H groups in total. The van der Waals surface area contributed by atoms with Crippen molar-refractivity contribution in [2.75, 3.05) is 11.9 Å². The third-order valence-electron chi connectivity index (χ3n) is 3.97. The number of pyridine rings is 1.